The van der Waals surface area contributed by atoms with E-state index in [1.807, 2.05) is 0 Å². The standard InChI is InChI=1S/C20H25N3O7/c21-9-10-28-14-5-1-12(2-6-14)22-23-13-3-7-15(8-4-13)29-20-19(27)18(26)17(25)16(11-24)30-20/h1-8,16-20,24-27H,9-11,21H2/t16-,17+,18+,19-,20-/m1/s1. The van der Waals surface area contributed by atoms with Gasteiger partial charge in [0.1, 0.15) is 42.5 Å². The molecule has 6 N–H and O–H groups in total. The molecule has 2 aromatic carbocycles. The zero-order valence-electron chi connectivity index (χ0n) is 16.1. The number of nitrogens with zero attached hydrogens (tertiary/aromatic N) is 2. The van der Waals surface area contributed by atoms with Crippen LogP contribution in [0.5, 0.6) is 11.5 Å². The first-order valence-corrected chi connectivity index (χ1v) is 9.43. The number of rotatable bonds is 8. The van der Waals surface area contributed by atoms with Crippen LogP contribution in [0.4, 0.5) is 11.4 Å². The molecule has 0 unspecified atom stereocenters. The molecular formula is C20H25N3O7. The van der Waals surface area contributed by atoms with Gasteiger partial charge in [-0.3, -0.25) is 0 Å². The third-order valence-corrected chi connectivity index (χ3v) is 4.44. The van der Waals surface area contributed by atoms with Gasteiger partial charge in [-0.25, -0.2) is 0 Å². The van der Waals surface area contributed by atoms with Crippen LogP contribution in [0.25, 0.3) is 0 Å². The summed E-state index contributed by atoms with van der Waals surface area (Å²) in [7, 11) is 0. The minimum Gasteiger partial charge on any atom is -0.492 e. The Morgan fingerprint density at radius 1 is 0.833 bits per heavy atom. The highest BCUT2D eigenvalue weighted by molar-refractivity contribution is 5.44. The monoisotopic (exact) mass is 419 g/mol. The van der Waals surface area contributed by atoms with Gasteiger partial charge in [0.05, 0.1) is 18.0 Å². The summed E-state index contributed by atoms with van der Waals surface area (Å²) in [4.78, 5) is 0. The van der Waals surface area contributed by atoms with Gasteiger partial charge >= 0.3 is 0 Å². The summed E-state index contributed by atoms with van der Waals surface area (Å²) < 4.78 is 16.2. The Bertz CT molecular complexity index is 814. The molecule has 10 heteroatoms. The maximum atomic E-state index is 10.0. The van der Waals surface area contributed by atoms with Gasteiger partial charge in [0.15, 0.2) is 0 Å². The largest absolute Gasteiger partial charge is 0.492 e. The molecule has 0 bridgehead atoms. The van der Waals surface area contributed by atoms with Gasteiger partial charge in [0.25, 0.3) is 0 Å². The molecule has 0 saturated carbocycles. The van der Waals surface area contributed by atoms with Crippen molar-refractivity contribution in [1.82, 2.24) is 0 Å². The Hall–Kier alpha value is -2.60. The lowest BCUT2D eigenvalue weighted by Crippen LogP contribution is -2.60. The van der Waals surface area contributed by atoms with E-state index in [1.54, 1.807) is 48.5 Å². The van der Waals surface area contributed by atoms with Crippen LogP contribution in [0.15, 0.2) is 58.8 Å². The van der Waals surface area contributed by atoms with Crippen molar-refractivity contribution < 1.29 is 34.6 Å². The lowest BCUT2D eigenvalue weighted by molar-refractivity contribution is -0.277. The molecule has 0 amide bonds. The molecule has 1 aliphatic rings. The third kappa shape index (κ3) is 5.51. The molecule has 1 heterocycles. The number of hydrogen-bond acceptors (Lipinski definition) is 10. The van der Waals surface area contributed by atoms with Crippen molar-refractivity contribution >= 4 is 11.4 Å². The highest BCUT2D eigenvalue weighted by atomic mass is 16.7. The van der Waals surface area contributed by atoms with E-state index in [-0.39, 0.29) is 0 Å². The van der Waals surface area contributed by atoms with Gasteiger partial charge in [0.2, 0.25) is 6.29 Å². The van der Waals surface area contributed by atoms with E-state index in [2.05, 4.69) is 10.2 Å². The van der Waals surface area contributed by atoms with Gasteiger partial charge in [-0.05, 0) is 48.5 Å². The zero-order valence-corrected chi connectivity index (χ0v) is 16.1. The molecule has 0 aliphatic carbocycles. The van der Waals surface area contributed by atoms with Gasteiger partial charge < -0.3 is 40.4 Å². The normalized spacial score (nSPS) is 26.6. The summed E-state index contributed by atoms with van der Waals surface area (Å²) in [5, 5.41) is 47.1. The van der Waals surface area contributed by atoms with Crippen molar-refractivity contribution in [1.29, 1.82) is 0 Å². The molecule has 1 aliphatic heterocycles. The molecule has 2 aromatic rings. The van der Waals surface area contributed by atoms with Crippen LogP contribution in [0.1, 0.15) is 0 Å². The average Bonchev–Trinajstić information content (AvgIpc) is 2.78. The summed E-state index contributed by atoms with van der Waals surface area (Å²) in [5.41, 5.74) is 6.61. The number of aliphatic hydroxyl groups excluding tert-OH is 4. The van der Waals surface area contributed by atoms with Gasteiger partial charge in [0, 0.05) is 6.54 Å². The van der Waals surface area contributed by atoms with Crippen molar-refractivity contribution in [3.8, 4) is 11.5 Å². The maximum absolute atomic E-state index is 10.0. The van der Waals surface area contributed by atoms with E-state index in [1.165, 1.54) is 0 Å². The number of hydrogen-bond donors (Lipinski definition) is 5. The number of aliphatic hydroxyl groups is 4. The molecule has 1 saturated heterocycles. The first-order valence-electron chi connectivity index (χ1n) is 9.43. The highest BCUT2D eigenvalue weighted by Gasteiger charge is 2.44. The SMILES string of the molecule is NCCOc1ccc(N=Nc2ccc(O[C@@H]3O[C@H](CO)[C@H](O)[C@H](O)[C@H]3O)cc2)cc1. The smallest absolute Gasteiger partial charge is 0.229 e. The Morgan fingerprint density at radius 3 is 1.93 bits per heavy atom. The zero-order chi connectivity index (χ0) is 21.5. The summed E-state index contributed by atoms with van der Waals surface area (Å²) >= 11 is 0. The first kappa shape index (κ1) is 22.1. The van der Waals surface area contributed by atoms with Crippen LogP contribution >= 0.6 is 0 Å². The van der Waals surface area contributed by atoms with Crippen LogP contribution in [-0.2, 0) is 4.74 Å². The van der Waals surface area contributed by atoms with Crippen molar-refractivity contribution in [3.05, 3.63) is 48.5 Å². The molecule has 30 heavy (non-hydrogen) atoms. The Labute approximate surface area is 173 Å². The second-order valence-electron chi connectivity index (χ2n) is 6.64. The molecular weight excluding hydrogens is 394 g/mol. The molecule has 10 nitrogen and oxygen atoms in total. The van der Waals surface area contributed by atoms with Crippen LogP contribution in [0, 0.1) is 0 Å². The van der Waals surface area contributed by atoms with E-state index in [0.29, 0.717) is 36.0 Å². The van der Waals surface area contributed by atoms with Gasteiger partial charge in [-0.2, -0.15) is 10.2 Å². The van der Waals surface area contributed by atoms with Crippen LogP contribution < -0.4 is 15.2 Å². The summed E-state index contributed by atoms with van der Waals surface area (Å²) in [6.07, 6.45) is -6.68. The fraction of sp³-hybridized carbons (Fsp3) is 0.400. The molecule has 5 atom stereocenters. The summed E-state index contributed by atoms with van der Waals surface area (Å²) in [6, 6.07) is 13.6. The maximum Gasteiger partial charge on any atom is 0.229 e. The molecule has 0 spiro atoms. The van der Waals surface area contributed by atoms with Crippen LogP contribution in [0.3, 0.4) is 0 Å². The predicted molar refractivity (Wildman–Crippen MR) is 106 cm³/mol. The van der Waals surface area contributed by atoms with Crippen LogP contribution in [0.2, 0.25) is 0 Å². The second kappa shape index (κ2) is 10.4. The fourth-order valence-corrected chi connectivity index (χ4v) is 2.79. The topological polar surface area (TPSA) is 159 Å². The minimum absolute atomic E-state index is 0.347. The average molecular weight is 419 g/mol. The van der Waals surface area contributed by atoms with Gasteiger partial charge in [-0.1, -0.05) is 0 Å². The predicted octanol–water partition coefficient (Wildman–Crippen LogP) is 0.618. The summed E-state index contributed by atoms with van der Waals surface area (Å²) in [6.45, 7) is 0.361. The van der Waals surface area contributed by atoms with E-state index in [4.69, 9.17) is 19.9 Å². The summed E-state index contributed by atoms with van der Waals surface area (Å²) in [5.74, 6) is 1.05. The van der Waals surface area contributed by atoms with E-state index in [9.17, 15) is 20.4 Å². The van der Waals surface area contributed by atoms with Crippen molar-refractivity contribution in [2.45, 2.75) is 30.7 Å². The molecule has 0 radical (unpaired) electrons. The molecule has 162 valence electrons. The number of benzene rings is 2. The van der Waals surface area contributed by atoms with E-state index in [0.717, 1.165) is 0 Å². The van der Waals surface area contributed by atoms with Crippen molar-refractivity contribution in [3.63, 3.8) is 0 Å². The lowest BCUT2D eigenvalue weighted by atomic mass is 9.99. The van der Waals surface area contributed by atoms with E-state index >= 15 is 0 Å². The lowest BCUT2D eigenvalue weighted by Gasteiger charge is -2.39. The number of azo groups is 1. The number of nitrogens with two attached hydrogens (primary N) is 1. The molecule has 1 fully saturated rings. The Kier molecular flexibility index (Phi) is 7.69. The van der Waals surface area contributed by atoms with Gasteiger partial charge in [-0.15, -0.1) is 0 Å². The Balaban J connectivity index is 1.59. The van der Waals surface area contributed by atoms with Crippen molar-refractivity contribution in [2.24, 2.45) is 16.0 Å². The Morgan fingerprint density at radius 2 is 1.40 bits per heavy atom. The fourth-order valence-electron chi connectivity index (χ4n) is 2.79. The second-order valence-corrected chi connectivity index (χ2v) is 6.64. The van der Waals surface area contributed by atoms with Crippen LogP contribution in [-0.4, -0.2) is 70.9 Å². The first-order chi connectivity index (χ1) is 14.5. The van der Waals surface area contributed by atoms with Crippen molar-refractivity contribution in [2.75, 3.05) is 19.8 Å². The molecule has 3 rings (SSSR count). The van der Waals surface area contributed by atoms with E-state index < -0.39 is 37.3 Å². The third-order valence-electron chi connectivity index (χ3n) is 4.44. The highest BCUT2D eigenvalue weighted by Crippen LogP contribution is 2.27. The molecule has 0 aromatic heterocycles. The minimum atomic E-state index is -1.50. The number of ether oxygens (including phenoxy) is 3. The quantitative estimate of drug-likeness (QED) is 0.389.